The third-order valence-corrected chi connectivity index (χ3v) is 2.48. The van der Waals surface area contributed by atoms with Crippen LogP contribution < -0.4 is 15.2 Å². The second-order valence-corrected chi connectivity index (χ2v) is 3.54. The Morgan fingerprint density at radius 2 is 1.81 bits per heavy atom. The van der Waals surface area contributed by atoms with E-state index in [0.717, 1.165) is 0 Å². The van der Waals surface area contributed by atoms with Gasteiger partial charge in [0, 0.05) is 12.5 Å². The number of methoxy groups -OCH3 is 2. The molecular weight excluding hydrogens is 206 g/mol. The van der Waals surface area contributed by atoms with Gasteiger partial charge in [0.05, 0.1) is 14.2 Å². The first-order chi connectivity index (χ1) is 7.65. The Kier molecular flexibility index (Phi) is 4.31. The van der Waals surface area contributed by atoms with Crippen LogP contribution in [0.2, 0.25) is 0 Å². The highest BCUT2D eigenvalue weighted by molar-refractivity contribution is 6.02. The summed E-state index contributed by atoms with van der Waals surface area (Å²) in [6.45, 7) is 2.09. The van der Waals surface area contributed by atoms with Gasteiger partial charge in [-0.2, -0.15) is 0 Å². The molecule has 0 aromatic heterocycles. The zero-order valence-corrected chi connectivity index (χ0v) is 9.82. The second kappa shape index (κ2) is 5.51. The summed E-state index contributed by atoms with van der Waals surface area (Å²) in [6, 6.07) is 5.25. The fraction of sp³-hybridized carbons (Fsp3) is 0.417. The smallest absolute Gasteiger partial charge is 0.174 e. The molecule has 1 aromatic rings. The SMILES string of the molecule is COc1cccc(OC)c1C(=O)C(C)CN. The van der Waals surface area contributed by atoms with Crippen molar-refractivity contribution in [3.8, 4) is 11.5 Å². The molecule has 1 atom stereocenters. The molecule has 4 heteroatoms. The topological polar surface area (TPSA) is 61.5 Å². The van der Waals surface area contributed by atoms with Crippen molar-refractivity contribution in [2.24, 2.45) is 11.7 Å². The summed E-state index contributed by atoms with van der Waals surface area (Å²) in [4.78, 5) is 12.1. The molecule has 0 heterocycles. The van der Waals surface area contributed by atoms with Gasteiger partial charge in [0.2, 0.25) is 0 Å². The Balaban J connectivity index is 3.23. The molecule has 2 N–H and O–H groups in total. The van der Waals surface area contributed by atoms with Gasteiger partial charge < -0.3 is 15.2 Å². The van der Waals surface area contributed by atoms with Gasteiger partial charge in [0.25, 0.3) is 0 Å². The van der Waals surface area contributed by atoms with Crippen LogP contribution in [0, 0.1) is 5.92 Å². The fourth-order valence-corrected chi connectivity index (χ4v) is 1.45. The average molecular weight is 223 g/mol. The maximum atomic E-state index is 12.1. The number of hydrogen-bond acceptors (Lipinski definition) is 4. The third-order valence-electron chi connectivity index (χ3n) is 2.48. The number of carbonyl (C=O) groups excluding carboxylic acids is 1. The van der Waals surface area contributed by atoms with Gasteiger partial charge in [-0.1, -0.05) is 13.0 Å². The van der Waals surface area contributed by atoms with Crippen molar-refractivity contribution in [3.05, 3.63) is 23.8 Å². The Bertz CT molecular complexity index is 354. The average Bonchev–Trinajstić information content (AvgIpc) is 2.35. The van der Waals surface area contributed by atoms with Gasteiger partial charge in [-0.15, -0.1) is 0 Å². The van der Waals surface area contributed by atoms with Crippen molar-refractivity contribution in [2.45, 2.75) is 6.92 Å². The van der Waals surface area contributed by atoms with Crippen LogP contribution >= 0.6 is 0 Å². The molecule has 0 aliphatic rings. The number of ketones is 1. The Labute approximate surface area is 95.3 Å². The molecule has 16 heavy (non-hydrogen) atoms. The van der Waals surface area contributed by atoms with Crippen molar-refractivity contribution in [1.29, 1.82) is 0 Å². The first-order valence-electron chi connectivity index (χ1n) is 5.11. The summed E-state index contributed by atoms with van der Waals surface area (Å²) in [7, 11) is 3.05. The number of benzene rings is 1. The summed E-state index contributed by atoms with van der Waals surface area (Å²) in [5, 5.41) is 0. The predicted molar refractivity (Wildman–Crippen MR) is 62.1 cm³/mol. The third kappa shape index (κ3) is 2.33. The van der Waals surface area contributed by atoms with Gasteiger partial charge >= 0.3 is 0 Å². The summed E-state index contributed by atoms with van der Waals surface area (Å²) in [6.07, 6.45) is 0. The Hall–Kier alpha value is -1.55. The van der Waals surface area contributed by atoms with E-state index in [1.807, 2.05) is 0 Å². The van der Waals surface area contributed by atoms with Crippen LogP contribution in [0.4, 0.5) is 0 Å². The minimum Gasteiger partial charge on any atom is -0.496 e. The second-order valence-electron chi connectivity index (χ2n) is 3.54. The molecular formula is C12H17NO3. The lowest BCUT2D eigenvalue weighted by Gasteiger charge is -2.14. The number of rotatable bonds is 5. The van der Waals surface area contributed by atoms with Gasteiger partial charge in [0.15, 0.2) is 5.78 Å². The van der Waals surface area contributed by atoms with E-state index >= 15 is 0 Å². The lowest BCUT2D eigenvalue weighted by molar-refractivity contribution is 0.0928. The largest absolute Gasteiger partial charge is 0.496 e. The number of nitrogens with two attached hydrogens (primary N) is 1. The van der Waals surface area contributed by atoms with E-state index in [1.54, 1.807) is 25.1 Å². The Morgan fingerprint density at radius 1 is 1.31 bits per heavy atom. The number of hydrogen-bond donors (Lipinski definition) is 1. The predicted octanol–water partition coefficient (Wildman–Crippen LogP) is 1.48. The monoisotopic (exact) mass is 223 g/mol. The van der Waals surface area contributed by atoms with Crippen LogP contribution in [-0.4, -0.2) is 26.5 Å². The van der Waals surface area contributed by atoms with Gasteiger partial charge in [-0.25, -0.2) is 0 Å². The summed E-state index contributed by atoms with van der Waals surface area (Å²) < 4.78 is 10.3. The first kappa shape index (κ1) is 12.5. The van der Waals surface area contributed by atoms with Gasteiger partial charge in [-0.3, -0.25) is 4.79 Å². The highest BCUT2D eigenvalue weighted by Gasteiger charge is 2.22. The highest BCUT2D eigenvalue weighted by Crippen LogP contribution is 2.30. The molecule has 0 saturated carbocycles. The lowest BCUT2D eigenvalue weighted by Crippen LogP contribution is -2.21. The molecule has 0 aliphatic carbocycles. The van der Waals surface area contributed by atoms with Crippen molar-refractivity contribution in [3.63, 3.8) is 0 Å². The zero-order chi connectivity index (χ0) is 12.1. The minimum absolute atomic E-state index is 0.0585. The number of Topliss-reactive ketones (excluding diaryl/α,β-unsaturated/α-hetero) is 1. The van der Waals surface area contributed by atoms with Crippen molar-refractivity contribution in [2.75, 3.05) is 20.8 Å². The maximum Gasteiger partial charge on any atom is 0.174 e. The van der Waals surface area contributed by atoms with Crippen LogP contribution in [0.3, 0.4) is 0 Å². The van der Waals surface area contributed by atoms with E-state index in [9.17, 15) is 4.79 Å². The first-order valence-corrected chi connectivity index (χ1v) is 5.11. The summed E-state index contributed by atoms with van der Waals surface area (Å²) >= 11 is 0. The molecule has 1 aromatic carbocycles. The Morgan fingerprint density at radius 3 is 2.19 bits per heavy atom. The lowest BCUT2D eigenvalue weighted by atomic mass is 9.98. The van der Waals surface area contributed by atoms with Crippen molar-refractivity contribution >= 4 is 5.78 Å². The molecule has 88 valence electrons. The zero-order valence-electron chi connectivity index (χ0n) is 9.82. The maximum absolute atomic E-state index is 12.1. The van der Waals surface area contributed by atoms with Crippen LogP contribution in [0.1, 0.15) is 17.3 Å². The molecule has 0 radical (unpaired) electrons. The fourth-order valence-electron chi connectivity index (χ4n) is 1.45. The van der Waals surface area contributed by atoms with Crippen LogP contribution in [0.5, 0.6) is 11.5 Å². The van der Waals surface area contributed by atoms with Crippen molar-refractivity contribution in [1.82, 2.24) is 0 Å². The van der Waals surface area contributed by atoms with E-state index in [4.69, 9.17) is 15.2 Å². The van der Waals surface area contributed by atoms with Gasteiger partial charge in [0.1, 0.15) is 17.1 Å². The van der Waals surface area contributed by atoms with Crippen molar-refractivity contribution < 1.29 is 14.3 Å². The molecule has 0 fully saturated rings. The number of ether oxygens (including phenoxy) is 2. The quantitative estimate of drug-likeness (QED) is 0.768. The van der Waals surface area contributed by atoms with Crippen LogP contribution in [-0.2, 0) is 0 Å². The molecule has 0 spiro atoms. The molecule has 0 saturated heterocycles. The minimum atomic E-state index is -0.245. The standard InChI is InChI=1S/C12H17NO3/c1-8(7-13)12(14)11-9(15-2)5-4-6-10(11)16-3/h4-6,8H,7,13H2,1-3H3. The highest BCUT2D eigenvalue weighted by atomic mass is 16.5. The van der Waals surface area contributed by atoms with E-state index in [-0.39, 0.29) is 11.7 Å². The number of carbonyl (C=O) groups is 1. The van der Waals surface area contributed by atoms with Crippen LogP contribution in [0.15, 0.2) is 18.2 Å². The van der Waals surface area contributed by atoms with E-state index in [2.05, 4.69) is 0 Å². The van der Waals surface area contributed by atoms with E-state index < -0.39 is 0 Å². The molecule has 0 aliphatic heterocycles. The molecule has 1 unspecified atom stereocenters. The van der Waals surface area contributed by atoms with E-state index in [0.29, 0.717) is 23.6 Å². The molecule has 0 amide bonds. The normalized spacial score (nSPS) is 12.0. The van der Waals surface area contributed by atoms with E-state index in [1.165, 1.54) is 14.2 Å². The van der Waals surface area contributed by atoms with Gasteiger partial charge in [-0.05, 0) is 12.1 Å². The summed E-state index contributed by atoms with van der Waals surface area (Å²) in [5.74, 6) is 0.733. The molecule has 1 rings (SSSR count). The molecule has 0 bridgehead atoms. The molecule has 4 nitrogen and oxygen atoms in total. The van der Waals surface area contributed by atoms with Crippen LogP contribution in [0.25, 0.3) is 0 Å². The summed E-state index contributed by atoms with van der Waals surface area (Å²) in [5.41, 5.74) is 5.95.